The van der Waals surface area contributed by atoms with Crippen LogP contribution in [0.25, 0.3) is 0 Å². The summed E-state index contributed by atoms with van der Waals surface area (Å²) in [5.74, 6) is -0.279. The Morgan fingerprint density at radius 2 is 2.28 bits per heavy atom. The first kappa shape index (κ1) is 12.8. The highest BCUT2D eigenvalue weighted by atomic mass is 32.2. The second-order valence-corrected chi connectivity index (χ2v) is 4.65. The third-order valence-corrected chi connectivity index (χ3v) is 3.26. The molecule has 2 rings (SSSR count). The van der Waals surface area contributed by atoms with Crippen molar-refractivity contribution in [1.82, 2.24) is 15.3 Å². The van der Waals surface area contributed by atoms with Gasteiger partial charge in [0.2, 0.25) is 0 Å². The Bertz CT molecular complexity index is 600. The minimum Gasteiger partial charge on any atom is -0.316 e. The predicted octanol–water partition coefficient (Wildman–Crippen LogP) is 1.78. The summed E-state index contributed by atoms with van der Waals surface area (Å²) in [5.41, 5.74) is 0.624. The molecule has 6 heteroatoms. The van der Waals surface area contributed by atoms with E-state index in [0.717, 1.165) is 10.5 Å². The molecule has 0 radical (unpaired) electrons. The number of nitrogens with zero attached hydrogens (tertiary/aromatic N) is 1. The first-order chi connectivity index (χ1) is 8.69. The molecule has 0 aliphatic heterocycles. The van der Waals surface area contributed by atoms with Crippen LogP contribution < -0.4 is 10.9 Å². The molecule has 4 nitrogen and oxygen atoms in total. The minimum atomic E-state index is -0.279. The molecular formula is C12H12FN3OS. The Balaban J connectivity index is 2.30. The molecule has 0 spiro atoms. The van der Waals surface area contributed by atoms with E-state index in [0.29, 0.717) is 11.7 Å². The predicted molar refractivity (Wildman–Crippen MR) is 68.1 cm³/mol. The largest absolute Gasteiger partial charge is 0.316 e. The van der Waals surface area contributed by atoms with Gasteiger partial charge < -0.3 is 10.3 Å². The van der Waals surface area contributed by atoms with Crippen molar-refractivity contribution in [3.05, 3.63) is 52.2 Å². The highest BCUT2D eigenvalue weighted by Crippen LogP contribution is 2.27. The third-order valence-electron chi connectivity index (χ3n) is 2.24. The molecule has 0 saturated heterocycles. The zero-order valence-electron chi connectivity index (χ0n) is 9.74. The highest BCUT2D eigenvalue weighted by molar-refractivity contribution is 7.99. The second kappa shape index (κ2) is 5.79. The van der Waals surface area contributed by atoms with Gasteiger partial charge >= 0.3 is 0 Å². The lowest BCUT2D eigenvalue weighted by molar-refractivity contribution is 0.621. The zero-order chi connectivity index (χ0) is 13.0. The number of benzene rings is 1. The molecule has 1 aromatic carbocycles. The van der Waals surface area contributed by atoms with Crippen LogP contribution in [-0.4, -0.2) is 17.0 Å². The van der Waals surface area contributed by atoms with E-state index in [9.17, 15) is 9.18 Å². The van der Waals surface area contributed by atoms with Gasteiger partial charge in [0.1, 0.15) is 5.82 Å². The first-order valence-electron chi connectivity index (χ1n) is 5.35. The molecule has 0 aliphatic carbocycles. The van der Waals surface area contributed by atoms with E-state index in [4.69, 9.17) is 0 Å². The Hall–Kier alpha value is -1.66. The summed E-state index contributed by atoms with van der Waals surface area (Å²) in [6.45, 7) is 0.553. The van der Waals surface area contributed by atoms with Gasteiger partial charge in [-0.1, -0.05) is 11.8 Å². The summed E-state index contributed by atoms with van der Waals surface area (Å²) in [5, 5.41) is 3.47. The molecule has 0 saturated carbocycles. The van der Waals surface area contributed by atoms with Crippen LogP contribution in [-0.2, 0) is 6.54 Å². The maximum absolute atomic E-state index is 13.2. The van der Waals surface area contributed by atoms with E-state index in [1.165, 1.54) is 36.2 Å². The Kier molecular flexibility index (Phi) is 4.11. The van der Waals surface area contributed by atoms with Crippen molar-refractivity contribution in [3.63, 3.8) is 0 Å². The normalized spacial score (nSPS) is 10.6. The standard InChI is InChI=1S/C12H12FN3OS/c1-14-7-8-6-9(13)2-3-10(8)18-12-15-5-4-11(17)16-12/h2-6,14H,7H2,1H3,(H,15,16,17). The molecule has 0 unspecified atom stereocenters. The lowest BCUT2D eigenvalue weighted by Gasteiger charge is -2.08. The smallest absolute Gasteiger partial charge is 0.251 e. The number of halogens is 1. The van der Waals surface area contributed by atoms with Gasteiger partial charge in [-0.25, -0.2) is 9.37 Å². The highest BCUT2D eigenvalue weighted by Gasteiger charge is 2.07. The second-order valence-electron chi connectivity index (χ2n) is 3.62. The number of hydrogen-bond donors (Lipinski definition) is 2. The quantitative estimate of drug-likeness (QED) is 0.827. The van der Waals surface area contributed by atoms with Crippen LogP contribution in [0.2, 0.25) is 0 Å². The first-order valence-corrected chi connectivity index (χ1v) is 6.17. The fraction of sp³-hybridized carbons (Fsp3) is 0.167. The van der Waals surface area contributed by atoms with Crippen LogP contribution in [0.15, 0.2) is 45.3 Å². The fourth-order valence-corrected chi connectivity index (χ4v) is 2.36. The minimum absolute atomic E-state index is 0.204. The number of aromatic amines is 1. The molecule has 0 atom stereocenters. The van der Waals surface area contributed by atoms with Crippen LogP contribution in [0.4, 0.5) is 4.39 Å². The number of hydrogen-bond acceptors (Lipinski definition) is 4. The molecule has 0 bridgehead atoms. The summed E-state index contributed by atoms with van der Waals surface area (Å²) >= 11 is 1.30. The van der Waals surface area contributed by atoms with Crippen molar-refractivity contribution in [1.29, 1.82) is 0 Å². The molecule has 2 N–H and O–H groups in total. The van der Waals surface area contributed by atoms with E-state index >= 15 is 0 Å². The van der Waals surface area contributed by atoms with Crippen molar-refractivity contribution >= 4 is 11.8 Å². The number of aromatic nitrogens is 2. The average molecular weight is 265 g/mol. The van der Waals surface area contributed by atoms with Gasteiger partial charge in [0.05, 0.1) is 0 Å². The molecule has 94 valence electrons. The maximum atomic E-state index is 13.2. The summed E-state index contributed by atoms with van der Waals surface area (Å²) in [6, 6.07) is 5.89. The van der Waals surface area contributed by atoms with Crippen LogP contribution in [0.5, 0.6) is 0 Å². The van der Waals surface area contributed by atoms with Crippen LogP contribution in [0.3, 0.4) is 0 Å². The van der Waals surface area contributed by atoms with Crippen molar-refractivity contribution < 1.29 is 4.39 Å². The van der Waals surface area contributed by atoms with Gasteiger partial charge in [-0.15, -0.1) is 0 Å². The summed E-state index contributed by atoms with van der Waals surface area (Å²) in [6.07, 6.45) is 1.45. The van der Waals surface area contributed by atoms with E-state index in [1.54, 1.807) is 13.1 Å². The van der Waals surface area contributed by atoms with Crippen molar-refractivity contribution in [2.45, 2.75) is 16.6 Å². The molecule has 2 aromatic rings. The monoisotopic (exact) mass is 265 g/mol. The molecular weight excluding hydrogens is 253 g/mol. The number of nitrogens with one attached hydrogen (secondary N) is 2. The Labute approximate surface area is 108 Å². The van der Waals surface area contributed by atoms with Gasteiger partial charge in [0.15, 0.2) is 5.16 Å². The average Bonchev–Trinajstić information content (AvgIpc) is 2.33. The lowest BCUT2D eigenvalue weighted by Crippen LogP contribution is -2.08. The zero-order valence-corrected chi connectivity index (χ0v) is 10.6. The van der Waals surface area contributed by atoms with Gasteiger partial charge in [-0.3, -0.25) is 4.79 Å². The molecule has 18 heavy (non-hydrogen) atoms. The van der Waals surface area contributed by atoms with Gasteiger partial charge in [-0.2, -0.15) is 0 Å². The lowest BCUT2D eigenvalue weighted by atomic mass is 10.2. The number of H-pyrrole nitrogens is 1. The molecule has 0 amide bonds. The maximum Gasteiger partial charge on any atom is 0.251 e. The van der Waals surface area contributed by atoms with Gasteiger partial charge in [-0.05, 0) is 30.8 Å². The van der Waals surface area contributed by atoms with E-state index in [2.05, 4.69) is 15.3 Å². The van der Waals surface area contributed by atoms with Gasteiger partial charge in [0.25, 0.3) is 5.56 Å². The molecule has 0 fully saturated rings. The van der Waals surface area contributed by atoms with Crippen molar-refractivity contribution in [2.24, 2.45) is 0 Å². The van der Waals surface area contributed by atoms with Crippen LogP contribution in [0.1, 0.15) is 5.56 Å². The fourth-order valence-electron chi connectivity index (χ4n) is 1.48. The number of rotatable bonds is 4. The molecule has 1 heterocycles. The summed E-state index contributed by atoms with van der Waals surface area (Å²) in [4.78, 5) is 18.7. The molecule has 1 aromatic heterocycles. The Morgan fingerprint density at radius 1 is 1.44 bits per heavy atom. The third kappa shape index (κ3) is 3.18. The van der Waals surface area contributed by atoms with E-state index < -0.39 is 0 Å². The Morgan fingerprint density at radius 3 is 3.00 bits per heavy atom. The summed E-state index contributed by atoms with van der Waals surface area (Å²) < 4.78 is 13.2. The van der Waals surface area contributed by atoms with Gasteiger partial charge in [0, 0.05) is 23.7 Å². The summed E-state index contributed by atoms with van der Waals surface area (Å²) in [7, 11) is 1.79. The SMILES string of the molecule is CNCc1cc(F)ccc1Sc1nccc(=O)[nH]1. The van der Waals surface area contributed by atoms with Crippen molar-refractivity contribution in [3.8, 4) is 0 Å². The van der Waals surface area contributed by atoms with Crippen LogP contribution >= 0.6 is 11.8 Å². The topological polar surface area (TPSA) is 57.8 Å². The van der Waals surface area contributed by atoms with E-state index in [-0.39, 0.29) is 11.4 Å². The van der Waals surface area contributed by atoms with E-state index in [1.807, 2.05) is 0 Å². The van der Waals surface area contributed by atoms with Crippen molar-refractivity contribution in [2.75, 3.05) is 7.05 Å². The van der Waals surface area contributed by atoms with Crippen LogP contribution in [0, 0.1) is 5.82 Å². The molecule has 0 aliphatic rings.